The molecule has 1 aliphatic heterocycles. The molecule has 55 heavy (non-hydrogen) atoms. The summed E-state index contributed by atoms with van der Waals surface area (Å²) in [5.41, 5.74) is 16.6. The second kappa shape index (κ2) is 11.6. The average molecular weight is 719 g/mol. The van der Waals surface area contributed by atoms with Crippen LogP contribution in [0.15, 0.2) is 192 Å². The molecular formula is C50H30N4S. The molecule has 0 saturated heterocycles. The number of rotatable bonds is 3. The Morgan fingerprint density at radius 1 is 0.473 bits per heavy atom. The van der Waals surface area contributed by atoms with Gasteiger partial charge in [-0.05, 0) is 92.9 Å². The van der Waals surface area contributed by atoms with Crippen LogP contribution in [0.1, 0.15) is 22.3 Å². The Bertz CT molecular complexity index is 3040. The van der Waals surface area contributed by atoms with Crippen molar-refractivity contribution in [3.63, 3.8) is 0 Å². The summed E-state index contributed by atoms with van der Waals surface area (Å²) >= 11 is 1.88. The van der Waals surface area contributed by atoms with E-state index >= 15 is 0 Å². The fourth-order valence-corrected chi connectivity index (χ4v) is 10.7. The first-order valence-corrected chi connectivity index (χ1v) is 19.4. The molecule has 4 nitrogen and oxygen atoms in total. The molecule has 0 N–H and O–H groups in total. The van der Waals surface area contributed by atoms with E-state index in [-0.39, 0.29) is 0 Å². The number of aromatic nitrogens is 3. The van der Waals surface area contributed by atoms with Gasteiger partial charge in [0.2, 0.25) is 0 Å². The molecule has 9 aromatic rings. The van der Waals surface area contributed by atoms with E-state index in [4.69, 9.17) is 9.97 Å². The van der Waals surface area contributed by atoms with Gasteiger partial charge in [0.25, 0.3) is 0 Å². The van der Waals surface area contributed by atoms with Gasteiger partial charge >= 0.3 is 0 Å². The van der Waals surface area contributed by atoms with Crippen molar-refractivity contribution >= 4 is 39.6 Å². The molecule has 1 unspecified atom stereocenters. The Kier molecular flexibility index (Phi) is 6.45. The summed E-state index contributed by atoms with van der Waals surface area (Å²) in [6.45, 7) is 0. The minimum Gasteiger partial charge on any atom is -0.308 e. The van der Waals surface area contributed by atoms with E-state index in [0.717, 1.165) is 33.8 Å². The summed E-state index contributed by atoms with van der Waals surface area (Å²) in [5, 5.41) is 2.46. The third-order valence-electron chi connectivity index (χ3n) is 11.6. The minimum absolute atomic E-state index is 0.572. The van der Waals surface area contributed by atoms with Crippen molar-refractivity contribution in [2.45, 2.75) is 15.2 Å². The molecular weight excluding hydrogens is 689 g/mol. The van der Waals surface area contributed by atoms with Crippen molar-refractivity contribution in [1.29, 1.82) is 0 Å². The van der Waals surface area contributed by atoms with Gasteiger partial charge in [-0.15, -0.1) is 0 Å². The zero-order valence-electron chi connectivity index (χ0n) is 29.5. The lowest BCUT2D eigenvalue weighted by molar-refractivity contribution is 0.788. The third kappa shape index (κ3) is 4.16. The Hall–Kier alpha value is -6.82. The molecule has 1 spiro atoms. The maximum absolute atomic E-state index is 5.52. The lowest BCUT2D eigenvalue weighted by atomic mass is 9.71. The number of anilines is 3. The summed E-state index contributed by atoms with van der Waals surface area (Å²) in [5.74, 6) is 0. The van der Waals surface area contributed by atoms with E-state index in [1.165, 1.54) is 71.0 Å². The number of hydrogen-bond acceptors (Lipinski definition) is 5. The molecule has 2 aliphatic carbocycles. The number of nitrogens with zero attached hydrogens (tertiary/aromatic N) is 4. The molecule has 3 aliphatic rings. The highest BCUT2D eigenvalue weighted by Gasteiger charge is 2.54. The van der Waals surface area contributed by atoms with Crippen LogP contribution in [-0.2, 0) is 5.41 Å². The van der Waals surface area contributed by atoms with E-state index in [1.807, 2.05) is 30.4 Å². The number of hydrogen-bond donors (Lipinski definition) is 0. The van der Waals surface area contributed by atoms with Crippen LogP contribution >= 0.6 is 11.8 Å². The number of para-hydroxylation sites is 1. The Balaban J connectivity index is 1.12. The van der Waals surface area contributed by atoms with Crippen LogP contribution < -0.4 is 4.90 Å². The van der Waals surface area contributed by atoms with Gasteiger partial charge in [-0.25, -0.2) is 4.98 Å². The van der Waals surface area contributed by atoms with Gasteiger partial charge in [-0.3, -0.25) is 9.97 Å². The van der Waals surface area contributed by atoms with Crippen LogP contribution in [0, 0.1) is 0 Å². The fraction of sp³-hybridized carbons (Fsp3) is 0.0200. The summed E-state index contributed by atoms with van der Waals surface area (Å²) < 4.78 is 0. The molecule has 5 heteroatoms. The molecule has 0 amide bonds. The number of fused-ring (bicyclic) bond motifs is 14. The van der Waals surface area contributed by atoms with Crippen LogP contribution in [0.3, 0.4) is 0 Å². The van der Waals surface area contributed by atoms with Crippen molar-refractivity contribution in [3.05, 3.63) is 205 Å². The maximum atomic E-state index is 5.52. The lowest BCUT2D eigenvalue weighted by Crippen LogP contribution is -2.26. The van der Waals surface area contributed by atoms with Crippen LogP contribution in [0.2, 0.25) is 0 Å². The fourth-order valence-electron chi connectivity index (χ4n) is 9.44. The topological polar surface area (TPSA) is 41.9 Å². The van der Waals surface area contributed by atoms with Gasteiger partial charge in [0.05, 0.1) is 39.6 Å². The molecule has 0 saturated carbocycles. The second-order valence-electron chi connectivity index (χ2n) is 14.3. The summed E-state index contributed by atoms with van der Waals surface area (Å²) in [6.07, 6.45) is 5.60. The SMILES string of the molecule is c1ccc2c(c1)Sc1c(ccc3c1-c1ccccc1C31c3cccnc3-c3nc(-c4ccccc4-c4ccncc4)ccc31)N2c1cccc2ccccc12. The Morgan fingerprint density at radius 2 is 1.18 bits per heavy atom. The third-order valence-corrected chi connectivity index (χ3v) is 12.8. The lowest BCUT2D eigenvalue weighted by Gasteiger charge is -2.35. The molecule has 3 aromatic heterocycles. The molecule has 1 atom stereocenters. The van der Waals surface area contributed by atoms with E-state index in [0.29, 0.717) is 0 Å². The van der Waals surface area contributed by atoms with Crippen LogP contribution in [0.4, 0.5) is 17.1 Å². The predicted molar refractivity (Wildman–Crippen MR) is 223 cm³/mol. The molecule has 256 valence electrons. The van der Waals surface area contributed by atoms with Crippen molar-refractivity contribution in [2.24, 2.45) is 0 Å². The molecule has 6 aromatic carbocycles. The molecule has 12 rings (SSSR count). The first-order valence-electron chi connectivity index (χ1n) is 18.6. The second-order valence-corrected chi connectivity index (χ2v) is 15.4. The molecule has 0 radical (unpaired) electrons. The van der Waals surface area contributed by atoms with E-state index in [1.54, 1.807) is 0 Å². The summed E-state index contributed by atoms with van der Waals surface area (Å²) in [6, 6.07) is 59.4. The zero-order chi connectivity index (χ0) is 36.1. The van der Waals surface area contributed by atoms with Gasteiger partial charge in [0.15, 0.2) is 0 Å². The monoisotopic (exact) mass is 718 g/mol. The van der Waals surface area contributed by atoms with Crippen LogP contribution in [0.5, 0.6) is 0 Å². The normalized spacial score (nSPS) is 15.6. The van der Waals surface area contributed by atoms with Crippen LogP contribution in [0.25, 0.3) is 55.7 Å². The molecule has 0 bridgehead atoms. The van der Waals surface area contributed by atoms with Crippen molar-refractivity contribution < 1.29 is 0 Å². The first-order chi connectivity index (χ1) is 27.3. The van der Waals surface area contributed by atoms with Gasteiger partial charge in [0, 0.05) is 44.9 Å². The molecule has 4 heterocycles. The smallest absolute Gasteiger partial charge is 0.0945 e. The highest BCUT2D eigenvalue weighted by atomic mass is 32.2. The largest absolute Gasteiger partial charge is 0.308 e. The Labute approximate surface area is 322 Å². The predicted octanol–water partition coefficient (Wildman–Crippen LogP) is 12.6. The highest BCUT2D eigenvalue weighted by Crippen LogP contribution is 2.66. The van der Waals surface area contributed by atoms with Crippen molar-refractivity contribution in [1.82, 2.24) is 15.0 Å². The number of benzene rings is 6. The van der Waals surface area contributed by atoms with Gasteiger partial charge in [0.1, 0.15) is 0 Å². The maximum Gasteiger partial charge on any atom is 0.0945 e. The average Bonchev–Trinajstić information content (AvgIpc) is 3.73. The summed E-state index contributed by atoms with van der Waals surface area (Å²) in [4.78, 5) is 19.9. The highest BCUT2D eigenvalue weighted by molar-refractivity contribution is 8.00. The van der Waals surface area contributed by atoms with E-state index in [2.05, 4.69) is 174 Å². The zero-order valence-corrected chi connectivity index (χ0v) is 30.3. The van der Waals surface area contributed by atoms with Crippen LogP contribution in [-0.4, -0.2) is 15.0 Å². The van der Waals surface area contributed by atoms with Crippen molar-refractivity contribution in [3.8, 4) is 44.9 Å². The standard InChI is InChI=1S/C50H30N4S/c1-2-14-34-31(11-1)12-9-20-42(34)54-43-19-7-8-21-45(43)55-49-44(54)25-23-38-46(49)36-16-5-6-17-37(36)50(38)39-18-10-28-52-47(39)48-40(50)22-24-41(53-48)35-15-4-3-13-33(35)32-26-29-51-30-27-32/h1-30H. The van der Waals surface area contributed by atoms with Gasteiger partial charge < -0.3 is 4.90 Å². The van der Waals surface area contributed by atoms with Crippen molar-refractivity contribution in [2.75, 3.05) is 4.90 Å². The number of pyridine rings is 3. The first kappa shape index (κ1) is 30.6. The Morgan fingerprint density at radius 3 is 2.11 bits per heavy atom. The summed E-state index contributed by atoms with van der Waals surface area (Å²) in [7, 11) is 0. The van der Waals surface area contributed by atoms with Gasteiger partial charge in [-0.1, -0.05) is 127 Å². The quantitative estimate of drug-likeness (QED) is 0.182. The minimum atomic E-state index is -0.572. The van der Waals surface area contributed by atoms with E-state index in [9.17, 15) is 0 Å². The molecule has 0 fully saturated rings. The van der Waals surface area contributed by atoms with Gasteiger partial charge in [-0.2, -0.15) is 0 Å². The van der Waals surface area contributed by atoms with E-state index < -0.39 is 5.41 Å².